The molecule has 1 unspecified atom stereocenters. The number of aliphatic hydroxyl groups is 1. The van der Waals surface area contributed by atoms with Gasteiger partial charge >= 0.3 is 6.03 Å². The number of aliphatic hydroxyl groups excluding tert-OH is 1. The summed E-state index contributed by atoms with van der Waals surface area (Å²) in [5, 5.41) is 11.4. The Morgan fingerprint density at radius 2 is 2.28 bits per heavy atom. The maximum absolute atomic E-state index is 13.5. The van der Waals surface area contributed by atoms with E-state index in [0.29, 0.717) is 5.75 Å². The number of nitrogens with zero attached hydrogens (tertiary/aromatic N) is 1. The number of ether oxygens (including phenoxy) is 1. The smallest absolute Gasteiger partial charge is 0.321 e. The van der Waals surface area contributed by atoms with Crippen molar-refractivity contribution in [2.45, 2.75) is 13.0 Å². The summed E-state index contributed by atoms with van der Waals surface area (Å²) in [6, 6.07) is 3.22. The molecule has 0 heterocycles. The molecule has 1 atom stereocenters. The standard InChI is InChI=1S/C12H17FN2O3/c1-8(7-16)15(2)12(17)14-11-6-9(18-3)4-5-10(11)13/h4-6,8,16H,7H2,1-3H3,(H,14,17). The van der Waals surface area contributed by atoms with Crippen molar-refractivity contribution >= 4 is 11.7 Å². The Bertz CT molecular complexity index is 426. The van der Waals surface area contributed by atoms with Crippen LogP contribution in [0.15, 0.2) is 18.2 Å². The van der Waals surface area contributed by atoms with E-state index in [1.165, 1.54) is 37.3 Å². The minimum atomic E-state index is -0.547. The highest BCUT2D eigenvalue weighted by molar-refractivity contribution is 5.89. The van der Waals surface area contributed by atoms with Crippen molar-refractivity contribution in [3.8, 4) is 5.75 Å². The van der Waals surface area contributed by atoms with Crippen LogP contribution in [0.3, 0.4) is 0 Å². The number of anilines is 1. The minimum Gasteiger partial charge on any atom is -0.497 e. The van der Waals surface area contributed by atoms with Gasteiger partial charge in [-0.15, -0.1) is 0 Å². The fourth-order valence-electron chi connectivity index (χ4n) is 1.25. The average molecular weight is 256 g/mol. The van der Waals surface area contributed by atoms with E-state index in [9.17, 15) is 9.18 Å². The molecule has 0 spiro atoms. The molecule has 0 aromatic heterocycles. The van der Waals surface area contributed by atoms with Crippen molar-refractivity contribution < 1.29 is 19.0 Å². The molecule has 1 rings (SSSR count). The number of rotatable bonds is 4. The van der Waals surface area contributed by atoms with Crippen LogP contribution in [0.2, 0.25) is 0 Å². The summed E-state index contributed by atoms with van der Waals surface area (Å²) in [7, 11) is 2.98. The van der Waals surface area contributed by atoms with E-state index >= 15 is 0 Å². The number of carbonyl (C=O) groups excluding carboxylic acids is 1. The Hall–Kier alpha value is -1.82. The molecule has 6 heteroatoms. The van der Waals surface area contributed by atoms with E-state index in [2.05, 4.69) is 5.32 Å². The van der Waals surface area contributed by atoms with Crippen molar-refractivity contribution in [2.24, 2.45) is 0 Å². The summed E-state index contributed by atoms with van der Waals surface area (Å²) in [6.45, 7) is 1.52. The van der Waals surface area contributed by atoms with Crippen LogP contribution in [0.25, 0.3) is 0 Å². The monoisotopic (exact) mass is 256 g/mol. The number of hydrogen-bond acceptors (Lipinski definition) is 3. The first-order valence-electron chi connectivity index (χ1n) is 5.47. The largest absolute Gasteiger partial charge is 0.497 e. The van der Waals surface area contributed by atoms with E-state index in [1.807, 2.05) is 0 Å². The summed E-state index contributed by atoms with van der Waals surface area (Å²) < 4.78 is 18.4. The average Bonchev–Trinajstić information content (AvgIpc) is 2.39. The second-order valence-electron chi connectivity index (χ2n) is 3.92. The lowest BCUT2D eigenvalue weighted by Gasteiger charge is -2.23. The van der Waals surface area contributed by atoms with Gasteiger partial charge in [-0.3, -0.25) is 0 Å². The molecule has 5 nitrogen and oxygen atoms in total. The molecular formula is C12H17FN2O3. The van der Waals surface area contributed by atoms with Gasteiger partial charge in [0, 0.05) is 13.1 Å². The lowest BCUT2D eigenvalue weighted by molar-refractivity contribution is 0.166. The predicted molar refractivity (Wildman–Crippen MR) is 66.3 cm³/mol. The third-order valence-electron chi connectivity index (χ3n) is 2.66. The highest BCUT2D eigenvalue weighted by atomic mass is 19.1. The van der Waals surface area contributed by atoms with Crippen molar-refractivity contribution in [2.75, 3.05) is 26.1 Å². The van der Waals surface area contributed by atoms with Gasteiger partial charge in [0.25, 0.3) is 0 Å². The van der Waals surface area contributed by atoms with Crippen LogP contribution in [0.4, 0.5) is 14.9 Å². The van der Waals surface area contributed by atoms with Gasteiger partial charge in [-0.2, -0.15) is 0 Å². The van der Waals surface area contributed by atoms with E-state index in [0.717, 1.165) is 0 Å². The number of carbonyl (C=O) groups is 1. The first-order valence-corrected chi connectivity index (χ1v) is 5.47. The molecule has 18 heavy (non-hydrogen) atoms. The third kappa shape index (κ3) is 3.33. The molecule has 0 saturated heterocycles. The normalized spacial score (nSPS) is 11.8. The second-order valence-corrected chi connectivity index (χ2v) is 3.92. The van der Waals surface area contributed by atoms with Crippen LogP contribution < -0.4 is 10.1 Å². The molecule has 1 aromatic carbocycles. The van der Waals surface area contributed by atoms with E-state index in [4.69, 9.17) is 9.84 Å². The fourth-order valence-corrected chi connectivity index (χ4v) is 1.25. The minimum absolute atomic E-state index is 0.0383. The zero-order valence-corrected chi connectivity index (χ0v) is 10.6. The highest BCUT2D eigenvalue weighted by Crippen LogP contribution is 2.21. The summed E-state index contributed by atoms with van der Waals surface area (Å²) in [5.74, 6) is -0.0984. The predicted octanol–water partition coefficient (Wildman–Crippen LogP) is 1.68. The third-order valence-corrected chi connectivity index (χ3v) is 2.66. The van der Waals surface area contributed by atoms with Crippen molar-refractivity contribution in [3.05, 3.63) is 24.0 Å². The van der Waals surface area contributed by atoms with E-state index < -0.39 is 11.8 Å². The number of benzene rings is 1. The number of hydrogen-bond donors (Lipinski definition) is 2. The molecule has 0 saturated carbocycles. The lowest BCUT2D eigenvalue weighted by Crippen LogP contribution is -2.40. The van der Waals surface area contributed by atoms with Crippen molar-refractivity contribution in [3.63, 3.8) is 0 Å². The Morgan fingerprint density at radius 3 is 2.83 bits per heavy atom. The zero-order valence-electron chi connectivity index (χ0n) is 10.6. The van der Waals surface area contributed by atoms with Crippen LogP contribution >= 0.6 is 0 Å². The molecule has 0 radical (unpaired) electrons. The fraction of sp³-hybridized carbons (Fsp3) is 0.417. The summed E-state index contributed by atoms with van der Waals surface area (Å²) in [4.78, 5) is 13.1. The second kappa shape index (κ2) is 6.20. The number of urea groups is 1. The van der Waals surface area contributed by atoms with E-state index in [1.54, 1.807) is 6.92 Å². The SMILES string of the molecule is COc1ccc(F)c(NC(=O)N(C)C(C)CO)c1. The van der Waals surface area contributed by atoms with Crippen molar-refractivity contribution in [1.29, 1.82) is 0 Å². The molecular weight excluding hydrogens is 239 g/mol. The molecule has 1 aromatic rings. The maximum atomic E-state index is 13.5. The van der Waals surface area contributed by atoms with Crippen molar-refractivity contribution in [1.82, 2.24) is 4.90 Å². The Kier molecular flexibility index (Phi) is 4.91. The van der Waals surface area contributed by atoms with Gasteiger partial charge in [0.2, 0.25) is 0 Å². The van der Waals surface area contributed by atoms with Gasteiger partial charge in [-0.05, 0) is 19.1 Å². The lowest BCUT2D eigenvalue weighted by atomic mass is 10.3. The molecule has 0 aliphatic rings. The summed E-state index contributed by atoms with van der Waals surface area (Å²) in [5.41, 5.74) is 0.0383. The summed E-state index contributed by atoms with van der Waals surface area (Å²) in [6.07, 6.45) is 0. The van der Waals surface area contributed by atoms with E-state index in [-0.39, 0.29) is 18.3 Å². The van der Waals surface area contributed by atoms with Gasteiger partial charge < -0.3 is 20.1 Å². The van der Waals surface area contributed by atoms with Crippen LogP contribution in [0.5, 0.6) is 5.75 Å². The van der Waals surface area contributed by atoms with Crippen LogP contribution in [0.1, 0.15) is 6.92 Å². The first kappa shape index (κ1) is 14.2. The molecule has 0 bridgehead atoms. The molecule has 2 N–H and O–H groups in total. The van der Waals surface area contributed by atoms with Gasteiger partial charge in [0.1, 0.15) is 11.6 Å². The molecule has 0 aliphatic carbocycles. The number of likely N-dealkylation sites (N-methyl/N-ethyl adjacent to an activating group) is 1. The first-order chi connectivity index (χ1) is 8.49. The quantitative estimate of drug-likeness (QED) is 0.861. The summed E-state index contributed by atoms with van der Waals surface area (Å²) >= 11 is 0. The number of methoxy groups -OCH3 is 1. The van der Waals surface area contributed by atoms with Crippen LogP contribution in [-0.4, -0.2) is 42.8 Å². The molecule has 2 amide bonds. The van der Waals surface area contributed by atoms with Crippen LogP contribution in [0, 0.1) is 5.82 Å². The Balaban J connectivity index is 2.81. The van der Waals surface area contributed by atoms with Gasteiger partial charge in [-0.25, -0.2) is 9.18 Å². The topological polar surface area (TPSA) is 61.8 Å². The molecule has 0 fully saturated rings. The van der Waals surface area contributed by atoms with Gasteiger partial charge in [0.15, 0.2) is 0 Å². The Labute approximate surface area is 105 Å². The number of nitrogens with one attached hydrogen (secondary N) is 1. The van der Waals surface area contributed by atoms with Gasteiger partial charge in [0.05, 0.1) is 25.4 Å². The number of amides is 2. The van der Waals surface area contributed by atoms with Crippen LogP contribution in [-0.2, 0) is 0 Å². The highest BCUT2D eigenvalue weighted by Gasteiger charge is 2.16. The van der Waals surface area contributed by atoms with Gasteiger partial charge in [-0.1, -0.05) is 0 Å². The Morgan fingerprint density at radius 1 is 1.61 bits per heavy atom. The maximum Gasteiger partial charge on any atom is 0.321 e. The number of halogens is 1. The zero-order chi connectivity index (χ0) is 13.7. The molecule has 0 aliphatic heterocycles. The molecule has 100 valence electrons.